The molecule has 0 saturated heterocycles. The second-order valence-electron chi connectivity index (χ2n) is 12.0. The number of benzene rings is 3. The van der Waals surface area contributed by atoms with Gasteiger partial charge >= 0.3 is 5.97 Å². The van der Waals surface area contributed by atoms with Crippen molar-refractivity contribution in [3.63, 3.8) is 0 Å². The topological polar surface area (TPSA) is 59.0 Å². The molecule has 2 aliphatic heterocycles. The van der Waals surface area contributed by atoms with Crippen molar-refractivity contribution in [1.82, 2.24) is 0 Å². The summed E-state index contributed by atoms with van der Waals surface area (Å²) in [6.07, 6.45) is 0.299. The van der Waals surface area contributed by atoms with Crippen LogP contribution < -0.4 is 9.64 Å². The molecule has 5 nitrogen and oxygen atoms in total. The Morgan fingerprint density at radius 2 is 1.73 bits per heavy atom. The second-order valence-corrected chi connectivity index (χ2v) is 12.4. The zero-order valence-corrected chi connectivity index (χ0v) is 25.1. The highest BCUT2D eigenvalue weighted by atomic mass is 35.5. The van der Waals surface area contributed by atoms with Crippen LogP contribution in [0, 0.1) is 33.5 Å². The zero-order chi connectivity index (χ0) is 29.1. The molecule has 0 aromatic heterocycles. The van der Waals surface area contributed by atoms with Crippen LogP contribution in [0.1, 0.15) is 77.8 Å². The molecular formula is C33H37ClFNO4. The number of hydrogen-bond acceptors (Lipinski definition) is 4. The molecule has 1 atom stereocenters. The molecule has 0 unspecified atom stereocenters. The van der Waals surface area contributed by atoms with Crippen LogP contribution in [0.4, 0.5) is 10.1 Å². The summed E-state index contributed by atoms with van der Waals surface area (Å²) in [5, 5.41) is 11.2. The van der Waals surface area contributed by atoms with Crippen LogP contribution in [0.25, 0.3) is 11.1 Å². The highest BCUT2D eigenvalue weighted by Crippen LogP contribution is 2.47. The number of anilines is 1. The third-order valence-corrected chi connectivity index (χ3v) is 8.67. The predicted molar refractivity (Wildman–Crippen MR) is 157 cm³/mol. The predicted octanol–water partition coefficient (Wildman–Crippen LogP) is 8.17. The number of hydrogen-bond donors (Lipinski definition) is 1. The van der Waals surface area contributed by atoms with Gasteiger partial charge in [0.15, 0.2) is 17.7 Å². The van der Waals surface area contributed by atoms with Crippen molar-refractivity contribution < 1.29 is 23.8 Å². The summed E-state index contributed by atoms with van der Waals surface area (Å²) in [7, 11) is 0. The average molecular weight is 566 g/mol. The average Bonchev–Trinajstić information content (AvgIpc) is 3.34. The number of fused-ring (bicyclic) bond motifs is 2. The van der Waals surface area contributed by atoms with E-state index >= 15 is 4.39 Å². The Labute approximate surface area is 240 Å². The Bertz CT molecular complexity index is 1520. The minimum atomic E-state index is -1.23. The lowest BCUT2D eigenvalue weighted by Crippen LogP contribution is -2.29. The van der Waals surface area contributed by atoms with Crippen LogP contribution in [0.5, 0.6) is 5.75 Å². The molecule has 2 aliphatic rings. The van der Waals surface area contributed by atoms with Gasteiger partial charge in [0.1, 0.15) is 0 Å². The monoisotopic (exact) mass is 565 g/mol. The smallest absolute Gasteiger partial charge is 0.337 e. The molecule has 212 valence electrons. The van der Waals surface area contributed by atoms with Crippen LogP contribution in [-0.4, -0.2) is 23.3 Å². The second kappa shape index (κ2) is 10.4. The Balaban J connectivity index is 1.79. The first-order valence-corrected chi connectivity index (χ1v) is 14.2. The fraction of sp³-hybridized carbons (Fsp3) is 0.424. The number of halogens is 2. The molecule has 3 aromatic rings. The van der Waals surface area contributed by atoms with Gasteiger partial charge in [-0.1, -0.05) is 17.7 Å². The lowest BCUT2D eigenvalue weighted by atomic mass is 9.81. The normalized spacial score (nSPS) is 15.5. The van der Waals surface area contributed by atoms with E-state index in [1.807, 2.05) is 60.6 Å². The standard InChI is InChI=1S/C33H37ClFNO4/c1-17-21-10-9-13-39-30(21)26(35)14-22(17)28-18(2)23-15-36(27-12-8-11-25(34)20(27)4)16-24(23)19(3)29(28)31(32(37)38)40-33(5,6)7/h8,11-12,14,31H,9-10,13,15-16H2,1-7H3,(H,37,38)/t31-/m0/s1. The first-order valence-electron chi connectivity index (χ1n) is 13.8. The van der Waals surface area contributed by atoms with E-state index in [1.165, 1.54) is 6.07 Å². The molecule has 0 fully saturated rings. The van der Waals surface area contributed by atoms with E-state index < -0.39 is 23.5 Å². The van der Waals surface area contributed by atoms with Gasteiger partial charge in [-0.2, -0.15) is 0 Å². The maximum Gasteiger partial charge on any atom is 0.337 e. The molecule has 0 radical (unpaired) electrons. The maximum absolute atomic E-state index is 15.5. The molecule has 1 N–H and O–H groups in total. The summed E-state index contributed by atoms with van der Waals surface area (Å²) >= 11 is 6.47. The zero-order valence-electron chi connectivity index (χ0n) is 24.3. The number of rotatable bonds is 5. The Hall–Kier alpha value is -3.09. The third kappa shape index (κ3) is 4.86. The van der Waals surface area contributed by atoms with E-state index in [1.54, 1.807) is 0 Å². The summed E-state index contributed by atoms with van der Waals surface area (Å²) in [6.45, 7) is 15.3. The number of ether oxygens (including phenoxy) is 2. The van der Waals surface area contributed by atoms with Crippen molar-refractivity contribution in [3.8, 4) is 16.9 Å². The SMILES string of the molecule is Cc1c(Cl)cccc1N1Cc2c(C)c(-c3cc(F)c4c(c3C)CCCO4)c([C@H](OC(C)(C)C)C(=O)O)c(C)c2C1. The van der Waals surface area contributed by atoms with Crippen molar-refractivity contribution in [2.45, 2.75) is 86.1 Å². The van der Waals surface area contributed by atoms with E-state index in [0.717, 1.165) is 56.6 Å². The molecule has 7 heteroatoms. The lowest BCUT2D eigenvalue weighted by Gasteiger charge is -2.31. The van der Waals surface area contributed by atoms with Crippen LogP contribution in [0.3, 0.4) is 0 Å². The van der Waals surface area contributed by atoms with Gasteiger partial charge in [-0.3, -0.25) is 0 Å². The Morgan fingerprint density at radius 1 is 1.05 bits per heavy atom. The van der Waals surface area contributed by atoms with Crippen molar-refractivity contribution >= 4 is 23.3 Å². The summed E-state index contributed by atoms with van der Waals surface area (Å²) < 4.78 is 27.5. The Morgan fingerprint density at radius 3 is 2.38 bits per heavy atom. The molecule has 0 saturated carbocycles. The minimum Gasteiger partial charge on any atom is -0.490 e. The van der Waals surface area contributed by atoms with Crippen molar-refractivity contribution in [2.75, 3.05) is 11.5 Å². The highest BCUT2D eigenvalue weighted by molar-refractivity contribution is 6.31. The van der Waals surface area contributed by atoms with Gasteiger partial charge in [-0.05, 0) is 124 Å². The Kier molecular flexibility index (Phi) is 7.38. The minimum absolute atomic E-state index is 0.313. The summed E-state index contributed by atoms with van der Waals surface area (Å²) in [5.41, 5.74) is 9.13. The number of carboxylic acids is 1. The molecule has 3 aromatic carbocycles. The summed E-state index contributed by atoms with van der Waals surface area (Å²) in [5.74, 6) is -1.18. The maximum atomic E-state index is 15.5. The van der Waals surface area contributed by atoms with Crippen molar-refractivity contribution in [1.29, 1.82) is 0 Å². The summed E-state index contributed by atoms with van der Waals surface area (Å²) in [6, 6.07) is 7.41. The molecule has 40 heavy (non-hydrogen) atoms. The molecule has 0 spiro atoms. The third-order valence-electron chi connectivity index (χ3n) is 8.26. The highest BCUT2D eigenvalue weighted by Gasteiger charge is 2.37. The number of carbonyl (C=O) groups is 1. The molecule has 0 amide bonds. The number of nitrogens with zero attached hydrogens (tertiary/aromatic N) is 1. The van der Waals surface area contributed by atoms with Crippen molar-refractivity contribution in [3.05, 3.63) is 79.6 Å². The van der Waals surface area contributed by atoms with Gasteiger partial charge in [-0.15, -0.1) is 0 Å². The number of carboxylic acid groups (broad SMARTS) is 1. The summed E-state index contributed by atoms with van der Waals surface area (Å²) in [4.78, 5) is 15.1. The molecule has 0 aliphatic carbocycles. The van der Waals surface area contributed by atoms with Crippen LogP contribution in [0.2, 0.25) is 5.02 Å². The van der Waals surface area contributed by atoms with Gasteiger partial charge in [0.25, 0.3) is 0 Å². The van der Waals surface area contributed by atoms with E-state index in [2.05, 4.69) is 11.0 Å². The van der Waals surface area contributed by atoms with Gasteiger partial charge in [0.05, 0.1) is 12.2 Å². The largest absolute Gasteiger partial charge is 0.490 e. The lowest BCUT2D eigenvalue weighted by molar-refractivity contribution is -0.160. The van der Waals surface area contributed by atoms with Gasteiger partial charge in [0, 0.05) is 34.9 Å². The van der Waals surface area contributed by atoms with Crippen LogP contribution in [-0.2, 0) is 29.0 Å². The van der Waals surface area contributed by atoms with E-state index in [0.29, 0.717) is 48.0 Å². The fourth-order valence-corrected chi connectivity index (χ4v) is 6.48. The van der Waals surface area contributed by atoms with E-state index in [-0.39, 0.29) is 0 Å². The van der Waals surface area contributed by atoms with E-state index in [4.69, 9.17) is 21.1 Å². The first kappa shape index (κ1) is 28.4. The quantitative estimate of drug-likeness (QED) is 0.338. The molecule has 5 rings (SSSR count). The van der Waals surface area contributed by atoms with Crippen molar-refractivity contribution in [2.24, 2.45) is 0 Å². The van der Waals surface area contributed by atoms with Gasteiger partial charge in [0.2, 0.25) is 0 Å². The van der Waals surface area contributed by atoms with Gasteiger partial charge in [-0.25, -0.2) is 9.18 Å². The molecular weight excluding hydrogens is 529 g/mol. The first-order chi connectivity index (χ1) is 18.8. The van der Waals surface area contributed by atoms with E-state index in [9.17, 15) is 9.90 Å². The number of aliphatic carboxylic acids is 1. The van der Waals surface area contributed by atoms with Crippen LogP contribution >= 0.6 is 11.6 Å². The molecule has 0 bridgehead atoms. The molecule has 2 heterocycles. The fourth-order valence-electron chi connectivity index (χ4n) is 6.31. The van der Waals surface area contributed by atoms with Crippen LogP contribution in [0.15, 0.2) is 24.3 Å². The van der Waals surface area contributed by atoms with Gasteiger partial charge < -0.3 is 19.5 Å².